The van der Waals surface area contributed by atoms with Crippen LogP contribution in [0, 0.1) is 13.8 Å². The van der Waals surface area contributed by atoms with Crippen LogP contribution in [0.25, 0.3) is 0 Å². The van der Waals surface area contributed by atoms with Crippen molar-refractivity contribution in [3.05, 3.63) is 59.4 Å². The topological polar surface area (TPSA) is 78.3 Å². The van der Waals surface area contributed by atoms with Crippen LogP contribution in [0.1, 0.15) is 23.9 Å². The van der Waals surface area contributed by atoms with Gasteiger partial charge in [-0.25, -0.2) is 0 Å². The van der Waals surface area contributed by atoms with Crippen molar-refractivity contribution in [3.63, 3.8) is 0 Å². The van der Waals surface area contributed by atoms with E-state index in [-0.39, 0.29) is 18.3 Å². The minimum Gasteiger partial charge on any atom is -0.490 e. The van der Waals surface area contributed by atoms with E-state index in [0.29, 0.717) is 29.1 Å². The highest BCUT2D eigenvalue weighted by Crippen LogP contribution is 2.29. The number of aryl methyl sites for hydroxylation is 2. The number of hydrogen-bond acceptors (Lipinski definition) is 6. The van der Waals surface area contributed by atoms with Crippen molar-refractivity contribution in [3.8, 4) is 11.5 Å². The van der Waals surface area contributed by atoms with Gasteiger partial charge in [0.2, 0.25) is 5.91 Å². The maximum Gasteiger partial charge on any atom is 0.234 e. The maximum atomic E-state index is 12.2. The van der Waals surface area contributed by atoms with Gasteiger partial charge in [-0.05, 0) is 50.6 Å². The van der Waals surface area contributed by atoms with Crippen LogP contribution >= 0.6 is 11.8 Å². The zero-order valence-electron chi connectivity index (χ0n) is 17.6. The van der Waals surface area contributed by atoms with Crippen LogP contribution in [0.3, 0.4) is 0 Å². The Hall–Kier alpha value is -3.00. The molecule has 0 fully saturated rings. The molecule has 1 heterocycles. The molecule has 1 N–H and O–H groups in total. The summed E-state index contributed by atoms with van der Waals surface area (Å²) < 4.78 is 13.4. The van der Waals surface area contributed by atoms with Crippen molar-refractivity contribution in [1.82, 2.24) is 14.8 Å². The third kappa shape index (κ3) is 5.76. The zero-order chi connectivity index (χ0) is 21.5. The Labute approximate surface area is 180 Å². The molecule has 2 aromatic carbocycles. The van der Waals surface area contributed by atoms with E-state index in [2.05, 4.69) is 15.5 Å². The molecular weight excluding hydrogens is 400 g/mol. The molecule has 0 unspecified atom stereocenters. The van der Waals surface area contributed by atoms with Gasteiger partial charge in [0.15, 0.2) is 22.5 Å². The van der Waals surface area contributed by atoms with Crippen LogP contribution in [0.4, 0.5) is 5.69 Å². The van der Waals surface area contributed by atoms with Gasteiger partial charge in [0.1, 0.15) is 6.61 Å². The number of amides is 1. The smallest absolute Gasteiger partial charge is 0.234 e. The Morgan fingerprint density at radius 3 is 2.50 bits per heavy atom. The standard InChI is InChI=1S/C22H26N4O3S/c1-5-28-19-12-16(3)8-11-18(19)29-13-20-24-25-22(26(20)4)30-14-21(27)23-17-9-6-15(2)7-10-17/h6-12H,5,13-14H2,1-4H3,(H,23,27). The van der Waals surface area contributed by atoms with Gasteiger partial charge in [-0.2, -0.15) is 0 Å². The minimum atomic E-state index is -0.0920. The lowest BCUT2D eigenvalue weighted by Gasteiger charge is -2.12. The van der Waals surface area contributed by atoms with Crippen molar-refractivity contribution in [1.29, 1.82) is 0 Å². The second kappa shape index (κ2) is 10.2. The third-order valence-corrected chi connectivity index (χ3v) is 5.37. The number of nitrogens with one attached hydrogen (secondary N) is 1. The van der Waals surface area contributed by atoms with Crippen LogP contribution in [0.2, 0.25) is 0 Å². The lowest BCUT2D eigenvalue weighted by molar-refractivity contribution is -0.113. The van der Waals surface area contributed by atoms with Crippen molar-refractivity contribution < 1.29 is 14.3 Å². The first-order valence-corrected chi connectivity index (χ1v) is 10.7. The molecule has 7 nitrogen and oxygen atoms in total. The van der Waals surface area contributed by atoms with E-state index in [9.17, 15) is 4.79 Å². The molecule has 3 aromatic rings. The number of carbonyl (C=O) groups is 1. The van der Waals surface area contributed by atoms with Gasteiger partial charge in [0.05, 0.1) is 12.4 Å². The number of aromatic nitrogens is 3. The summed E-state index contributed by atoms with van der Waals surface area (Å²) in [6.07, 6.45) is 0. The number of nitrogens with zero attached hydrogens (tertiary/aromatic N) is 3. The Morgan fingerprint density at radius 2 is 1.77 bits per heavy atom. The Kier molecular flexibility index (Phi) is 7.35. The molecule has 0 atom stereocenters. The molecule has 158 valence electrons. The SMILES string of the molecule is CCOc1cc(C)ccc1OCc1nnc(SCC(=O)Nc2ccc(C)cc2)n1C. The number of anilines is 1. The molecular formula is C22H26N4O3S. The summed E-state index contributed by atoms with van der Waals surface area (Å²) in [4.78, 5) is 12.2. The van der Waals surface area contributed by atoms with E-state index >= 15 is 0 Å². The van der Waals surface area contributed by atoms with Gasteiger partial charge in [-0.1, -0.05) is 35.5 Å². The molecule has 8 heteroatoms. The van der Waals surface area contributed by atoms with Crippen LogP contribution < -0.4 is 14.8 Å². The van der Waals surface area contributed by atoms with Gasteiger partial charge < -0.3 is 19.4 Å². The molecule has 0 saturated carbocycles. The highest BCUT2D eigenvalue weighted by molar-refractivity contribution is 7.99. The highest BCUT2D eigenvalue weighted by atomic mass is 32.2. The Balaban J connectivity index is 1.55. The van der Waals surface area contributed by atoms with Gasteiger partial charge >= 0.3 is 0 Å². The molecule has 0 aliphatic carbocycles. The predicted octanol–water partition coefficient (Wildman–Crippen LogP) is 4.14. The first-order valence-electron chi connectivity index (χ1n) is 9.70. The summed E-state index contributed by atoms with van der Waals surface area (Å²) in [5, 5.41) is 11.9. The Morgan fingerprint density at radius 1 is 1.03 bits per heavy atom. The lowest BCUT2D eigenvalue weighted by Crippen LogP contribution is -2.14. The van der Waals surface area contributed by atoms with Crippen molar-refractivity contribution in [2.45, 2.75) is 32.5 Å². The van der Waals surface area contributed by atoms with Gasteiger partial charge in [-0.3, -0.25) is 4.79 Å². The molecule has 0 spiro atoms. The predicted molar refractivity (Wildman–Crippen MR) is 118 cm³/mol. The van der Waals surface area contributed by atoms with Crippen LogP contribution in [0.15, 0.2) is 47.6 Å². The minimum absolute atomic E-state index is 0.0920. The maximum absolute atomic E-state index is 12.2. The van der Waals surface area contributed by atoms with Crippen molar-refractivity contribution in [2.75, 3.05) is 17.7 Å². The summed E-state index contributed by atoms with van der Waals surface area (Å²) in [5.74, 6) is 2.19. The average Bonchev–Trinajstić information content (AvgIpc) is 3.07. The zero-order valence-corrected chi connectivity index (χ0v) is 18.5. The quantitative estimate of drug-likeness (QED) is 0.518. The number of benzene rings is 2. The van der Waals surface area contributed by atoms with E-state index in [0.717, 1.165) is 16.8 Å². The molecule has 30 heavy (non-hydrogen) atoms. The number of rotatable bonds is 9. The van der Waals surface area contributed by atoms with Gasteiger partial charge in [0, 0.05) is 12.7 Å². The molecule has 0 radical (unpaired) electrons. The number of thioether (sulfide) groups is 1. The summed E-state index contributed by atoms with van der Waals surface area (Å²) >= 11 is 1.33. The second-order valence-corrected chi connectivity index (χ2v) is 7.78. The largest absolute Gasteiger partial charge is 0.490 e. The monoisotopic (exact) mass is 426 g/mol. The van der Waals surface area contributed by atoms with Gasteiger partial charge in [0.25, 0.3) is 0 Å². The van der Waals surface area contributed by atoms with Gasteiger partial charge in [-0.15, -0.1) is 10.2 Å². The highest BCUT2D eigenvalue weighted by Gasteiger charge is 2.13. The normalized spacial score (nSPS) is 10.7. The van der Waals surface area contributed by atoms with Crippen LogP contribution in [-0.2, 0) is 18.4 Å². The summed E-state index contributed by atoms with van der Waals surface area (Å²) in [5.41, 5.74) is 3.03. The van der Waals surface area contributed by atoms with Crippen molar-refractivity contribution >= 4 is 23.4 Å². The first-order chi connectivity index (χ1) is 14.5. The number of hydrogen-bond donors (Lipinski definition) is 1. The van der Waals surface area contributed by atoms with E-state index in [4.69, 9.17) is 9.47 Å². The number of ether oxygens (including phenoxy) is 2. The molecule has 0 bridgehead atoms. The summed E-state index contributed by atoms with van der Waals surface area (Å²) in [7, 11) is 1.86. The van der Waals surface area contributed by atoms with E-state index < -0.39 is 0 Å². The molecule has 0 aliphatic rings. The number of carbonyl (C=O) groups excluding carboxylic acids is 1. The Bertz CT molecular complexity index is 1000. The third-order valence-electron chi connectivity index (χ3n) is 4.35. The average molecular weight is 427 g/mol. The second-order valence-electron chi connectivity index (χ2n) is 6.83. The van der Waals surface area contributed by atoms with Crippen LogP contribution in [-0.4, -0.2) is 33.0 Å². The molecule has 0 saturated heterocycles. The molecule has 3 rings (SSSR count). The fourth-order valence-electron chi connectivity index (χ4n) is 2.71. The summed E-state index contributed by atoms with van der Waals surface area (Å²) in [6.45, 7) is 6.77. The molecule has 1 aromatic heterocycles. The van der Waals surface area contributed by atoms with Crippen molar-refractivity contribution in [2.24, 2.45) is 7.05 Å². The molecule has 0 aliphatic heterocycles. The lowest BCUT2D eigenvalue weighted by atomic mass is 10.2. The summed E-state index contributed by atoms with van der Waals surface area (Å²) in [6, 6.07) is 13.5. The van der Waals surface area contributed by atoms with E-state index in [1.807, 2.05) is 74.9 Å². The van der Waals surface area contributed by atoms with E-state index in [1.165, 1.54) is 11.8 Å². The fraction of sp³-hybridized carbons (Fsp3) is 0.318. The molecule has 1 amide bonds. The van der Waals surface area contributed by atoms with E-state index in [1.54, 1.807) is 0 Å². The first kappa shape index (κ1) is 21.7. The van der Waals surface area contributed by atoms with Crippen LogP contribution in [0.5, 0.6) is 11.5 Å². The fourth-order valence-corrected chi connectivity index (χ4v) is 3.44.